The fraction of sp³-hybridized carbons (Fsp3) is 0.263. The molecule has 0 unspecified atom stereocenters. The molecule has 150 valence electrons. The van der Waals surface area contributed by atoms with Crippen molar-refractivity contribution in [2.75, 3.05) is 11.9 Å². The van der Waals surface area contributed by atoms with Crippen LogP contribution in [0, 0.1) is 0 Å². The fourth-order valence-electron chi connectivity index (χ4n) is 2.12. The SMILES string of the molecule is CCOc1ccc(NC(=O)[C@H](C)OC(=O)c2ccc(OC(F)(F)F)cc2)cc1. The number of ether oxygens (including phenoxy) is 3. The Kier molecular flexibility index (Phi) is 6.86. The van der Waals surface area contributed by atoms with Crippen LogP contribution in [-0.2, 0) is 9.53 Å². The van der Waals surface area contributed by atoms with Crippen LogP contribution in [0.3, 0.4) is 0 Å². The summed E-state index contributed by atoms with van der Waals surface area (Å²) in [7, 11) is 0. The van der Waals surface area contributed by atoms with E-state index in [1.54, 1.807) is 24.3 Å². The maximum Gasteiger partial charge on any atom is 0.573 e. The molecule has 0 heterocycles. The molecule has 0 saturated carbocycles. The van der Waals surface area contributed by atoms with Crippen molar-refractivity contribution in [1.82, 2.24) is 0 Å². The molecule has 0 fully saturated rings. The van der Waals surface area contributed by atoms with Crippen LogP contribution in [0.4, 0.5) is 18.9 Å². The van der Waals surface area contributed by atoms with Gasteiger partial charge in [0, 0.05) is 5.69 Å². The highest BCUT2D eigenvalue weighted by molar-refractivity contribution is 5.97. The van der Waals surface area contributed by atoms with Gasteiger partial charge >= 0.3 is 12.3 Å². The maximum absolute atomic E-state index is 12.1. The molecule has 1 amide bonds. The summed E-state index contributed by atoms with van der Waals surface area (Å²) >= 11 is 0. The lowest BCUT2D eigenvalue weighted by molar-refractivity contribution is -0.274. The van der Waals surface area contributed by atoms with Gasteiger partial charge in [-0.05, 0) is 62.4 Å². The summed E-state index contributed by atoms with van der Waals surface area (Å²) in [4.78, 5) is 24.2. The van der Waals surface area contributed by atoms with Gasteiger partial charge in [0.15, 0.2) is 6.10 Å². The smallest absolute Gasteiger partial charge is 0.494 e. The lowest BCUT2D eigenvalue weighted by Gasteiger charge is -2.14. The highest BCUT2D eigenvalue weighted by Gasteiger charge is 2.31. The number of carbonyl (C=O) groups is 2. The topological polar surface area (TPSA) is 73.9 Å². The van der Waals surface area contributed by atoms with Crippen molar-refractivity contribution >= 4 is 17.6 Å². The van der Waals surface area contributed by atoms with Crippen LogP contribution < -0.4 is 14.8 Å². The van der Waals surface area contributed by atoms with Crippen molar-refractivity contribution in [1.29, 1.82) is 0 Å². The van der Waals surface area contributed by atoms with E-state index in [2.05, 4.69) is 10.1 Å². The van der Waals surface area contributed by atoms with E-state index < -0.39 is 30.1 Å². The number of anilines is 1. The van der Waals surface area contributed by atoms with E-state index in [9.17, 15) is 22.8 Å². The van der Waals surface area contributed by atoms with Crippen LogP contribution in [0.25, 0.3) is 0 Å². The molecule has 28 heavy (non-hydrogen) atoms. The highest BCUT2D eigenvalue weighted by Crippen LogP contribution is 2.23. The minimum absolute atomic E-state index is 0.0183. The van der Waals surface area contributed by atoms with E-state index >= 15 is 0 Å². The second kappa shape index (κ2) is 9.12. The number of halogens is 3. The Morgan fingerprint density at radius 1 is 1.00 bits per heavy atom. The average molecular weight is 397 g/mol. The molecule has 2 rings (SSSR count). The number of rotatable bonds is 7. The standard InChI is InChI=1S/C19H18F3NO5/c1-3-26-15-10-6-14(7-11-15)23-17(24)12(2)27-18(25)13-4-8-16(9-5-13)28-19(20,21)22/h4-12H,3H2,1-2H3,(H,23,24)/t12-/m0/s1. The number of carbonyl (C=O) groups excluding carboxylic acids is 2. The van der Waals surface area contributed by atoms with Crippen LogP contribution >= 0.6 is 0 Å². The number of benzene rings is 2. The molecule has 1 N–H and O–H groups in total. The lowest BCUT2D eigenvalue weighted by atomic mass is 10.2. The van der Waals surface area contributed by atoms with Gasteiger partial charge in [0.25, 0.3) is 5.91 Å². The van der Waals surface area contributed by atoms with Crippen LogP contribution in [0.2, 0.25) is 0 Å². The monoisotopic (exact) mass is 397 g/mol. The lowest BCUT2D eigenvalue weighted by Crippen LogP contribution is -2.30. The zero-order valence-corrected chi connectivity index (χ0v) is 15.1. The number of amides is 1. The Balaban J connectivity index is 1.91. The predicted molar refractivity (Wildman–Crippen MR) is 94.2 cm³/mol. The molecule has 0 spiro atoms. The summed E-state index contributed by atoms with van der Waals surface area (Å²) in [5, 5.41) is 2.59. The summed E-state index contributed by atoms with van der Waals surface area (Å²) in [6.07, 6.45) is -5.94. The van der Waals surface area contributed by atoms with Gasteiger partial charge in [0.05, 0.1) is 12.2 Å². The summed E-state index contributed by atoms with van der Waals surface area (Å²) in [6.45, 7) is 3.74. The first-order valence-electron chi connectivity index (χ1n) is 8.28. The van der Waals surface area contributed by atoms with Gasteiger partial charge in [0.2, 0.25) is 0 Å². The molecule has 0 radical (unpaired) electrons. The number of hydrogen-bond donors (Lipinski definition) is 1. The molecule has 2 aromatic rings. The average Bonchev–Trinajstić information content (AvgIpc) is 2.62. The quantitative estimate of drug-likeness (QED) is 0.710. The van der Waals surface area contributed by atoms with Gasteiger partial charge < -0.3 is 19.5 Å². The Morgan fingerprint density at radius 3 is 2.11 bits per heavy atom. The second-order valence-corrected chi connectivity index (χ2v) is 5.57. The summed E-state index contributed by atoms with van der Waals surface area (Å²) < 4.78 is 50.5. The first-order chi connectivity index (χ1) is 13.2. The van der Waals surface area contributed by atoms with Crippen molar-refractivity contribution in [2.24, 2.45) is 0 Å². The molecule has 0 aliphatic rings. The third kappa shape index (κ3) is 6.49. The Bertz CT molecular complexity index is 804. The second-order valence-electron chi connectivity index (χ2n) is 5.57. The van der Waals surface area contributed by atoms with Crippen molar-refractivity contribution in [3.8, 4) is 11.5 Å². The van der Waals surface area contributed by atoms with E-state index in [-0.39, 0.29) is 5.56 Å². The zero-order valence-electron chi connectivity index (χ0n) is 15.1. The van der Waals surface area contributed by atoms with Gasteiger partial charge in [-0.3, -0.25) is 4.79 Å². The first kappa shape index (κ1) is 21.1. The Morgan fingerprint density at radius 2 is 1.57 bits per heavy atom. The minimum atomic E-state index is -4.82. The summed E-state index contributed by atoms with van der Waals surface area (Å²) in [5.41, 5.74) is 0.472. The van der Waals surface area contributed by atoms with E-state index in [0.717, 1.165) is 24.3 Å². The fourth-order valence-corrected chi connectivity index (χ4v) is 2.12. The van der Waals surface area contributed by atoms with Crippen LogP contribution in [0.5, 0.6) is 11.5 Å². The van der Waals surface area contributed by atoms with Gasteiger partial charge in [0.1, 0.15) is 11.5 Å². The molecule has 9 heteroatoms. The highest BCUT2D eigenvalue weighted by atomic mass is 19.4. The Hall–Kier alpha value is -3.23. The van der Waals surface area contributed by atoms with Gasteiger partial charge in [-0.1, -0.05) is 0 Å². The molecule has 0 aromatic heterocycles. The number of hydrogen-bond acceptors (Lipinski definition) is 5. The molecule has 0 bridgehead atoms. The molecule has 0 aliphatic heterocycles. The Labute approximate surface area is 159 Å². The van der Waals surface area contributed by atoms with Crippen molar-refractivity contribution in [3.63, 3.8) is 0 Å². The molecule has 2 aromatic carbocycles. The van der Waals surface area contributed by atoms with Gasteiger partial charge in [-0.25, -0.2) is 4.79 Å². The third-order valence-electron chi connectivity index (χ3n) is 3.41. The molecular weight excluding hydrogens is 379 g/mol. The van der Waals surface area contributed by atoms with E-state index in [1.807, 2.05) is 6.92 Å². The maximum atomic E-state index is 12.1. The minimum Gasteiger partial charge on any atom is -0.494 e. The van der Waals surface area contributed by atoms with Crippen molar-refractivity contribution in [2.45, 2.75) is 26.3 Å². The first-order valence-corrected chi connectivity index (χ1v) is 8.28. The third-order valence-corrected chi connectivity index (χ3v) is 3.41. The summed E-state index contributed by atoms with van der Waals surface area (Å²) in [5.74, 6) is -1.23. The van der Waals surface area contributed by atoms with Crippen LogP contribution in [0.1, 0.15) is 24.2 Å². The predicted octanol–water partition coefficient (Wildman–Crippen LogP) is 4.17. The van der Waals surface area contributed by atoms with Crippen LogP contribution in [0.15, 0.2) is 48.5 Å². The van der Waals surface area contributed by atoms with E-state index in [4.69, 9.17) is 9.47 Å². The van der Waals surface area contributed by atoms with Crippen molar-refractivity contribution < 1.29 is 37.0 Å². The molecule has 6 nitrogen and oxygen atoms in total. The normalized spacial score (nSPS) is 12.0. The number of nitrogens with one attached hydrogen (secondary N) is 1. The van der Waals surface area contributed by atoms with Gasteiger partial charge in [-0.2, -0.15) is 0 Å². The number of alkyl halides is 3. The zero-order chi connectivity index (χ0) is 20.7. The number of esters is 1. The van der Waals surface area contributed by atoms with Crippen LogP contribution in [-0.4, -0.2) is 30.9 Å². The van der Waals surface area contributed by atoms with E-state index in [1.165, 1.54) is 6.92 Å². The molecule has 0 aliphatic carbocycles. The summed E-state index contributed by atoms with van der Waals surface area (Å²) in [6, 6.07) is 10.8. The van der Waals surface area contributed by atoms with Crippen molar-refractivity contribution in [3.05, 3.63) is 54.1 Å². The van der Waals surface area contributed by atoms with E-state index in [0.29, 0.717) is 18.0 Å². The molecule has 0 saturated heterocycles. The molecular formula is C19H18F3NO5. The molecule has 1 atom stereocenters. The largest absolute Gasteiger partial charge is 0.573 e. The van der Waals surface area contributed by atoms with Gasteiger partial charge in [-0.15, -0.1) is 13.2 Å².